The average molecular weight is 311 g/mol. The molecule has 0 spiro atoms. The van der Waals surface area contributed by atoms with Crippen LogP contribution in [0.15, 0.2) is 54.6 Å². The zero-order chi connectivity index (χ0) is 16.1. The minimum atomic E-state index is -0.00398. The third kappa shape index (κ3) is 3.71. The van der Waals surface area contributed by atoms with Gasteiger partial charge in [-0.1, -0.05) is 42.5 Å². The second-order valence-corrected chi connectivity index (χ2v) is 5.61. The molecule has 4 nitrogen and oxygen atoms in total. The van der Waals surface area contributed by atoms with E-state index in [4.69, 9.17) is 9.47 Å². The van der Waals surface area contributed by atoms with Gasteiger partial charge >= 0.3 is 0 Å². The highest BCUT2D eigenvalue weighted by Gasteiger charge is 2.28. The largest absolute Gasteiger partial charge is 0.497 e. The summed E-state index contributed by atoms with van der Waals surface area (Å²) in [5.41, 5.74) is 2.12. The van der Waals surface area contributed by atoms with Gasteiger partial charge < -0.3 is 14.4 Å². The van der Waals surface area contributed by atoms with Gasteiger partial charge in [-0.15, -0.1) is 0 Å². The first kappa shape index (κ1) is 15.6. The topological polar surface area (TPSA) is 38.8 Å². The fraction of sp³-hybridized carbons (Fsp3) is 0.316. The molecule has 23 heavy (non-hydrogen) atoms. The summed E-state index contributed by atoms with van der Waals surface area (Å²) in [4.78, 5) is 14.7. The molecule has 1 unspecified atom stereocenters. The van der Waals surface area contributed by atoms with E-state index in [2.05, 4.69) is 0 Å². The summed E-state index contributed by atoms with van der Waals surface area (Å²) < 4.78 is 10.7. The molecular weight excluding hydrogens is 290 g/mol. The third-order valence-corrected chi connectivity index (χ3v) is 4.15. The number of ether oxygens (including phenoxy) is 2. The maximum atomic E-state index is 12.7. The van der Waals surface area contributed by atoms with E-state index in [9.17, 15) is 4.79 Å². The van der Waals surface area contributed by atoms with Gasteiger partial charge in [-0.3, -0.25) is 4.79 Å². The number of nitrogens with zero attached hydrogens (tertiary/aromatic N) is 1. The Kier molecular flexibility index (Phi) is 4.93. The molecule has 1 aliphatic heterocycles. The van der Waals surface area contributed by atoms with Crippen LogP contribution in [0.2, 0.25) is 0 Å². The molecule has 0 N–H and O–H groups in total. The highest BCUT2D eigenvalue weighted by molar-refractivity contribution is 5.79. The third-order valence-electron chi connectivity index (χ3n) is 4.15. The maximum Gasteiger partial charge on any atom is 0.227 e. The maximum absolute atomic E-state index is 12.7. The van der Waals surface area contributed by atoms with Gasteiger partial charge in [0.05, 0.1) is 32.8 Å². The van der Waals surface area contributed by atoms with Crippen LogP contribution in [0.25, 0.3) is 0 Å². The van der Waals surface area contributed by atoms with E-state index in [-0.39, 0.29) is 11.9 Å². The predicted molar refractivity (Wildman–Crippen MR) is 88.4 cm³/mol. The first-order chi connectivity index (χ1) is 11.3. The Balaban J connectivity index is 1.73. The van der Waals surface area contributed by atoms with Crippen LogP contribution in [0.3, 0.4) is 0 Å². The predicted octanol–water partition coefficient (Wildman–Crippen LogP) is 2.84. The SMILES string of the molecule is COc1ccc(CC(=O)N2CCOCC2c2ccccc2)cc1. The number of hydrogen-bond donors (Lipinski definition) is 0. The lowest BCUT2D eigenvalue weighted by Gasteiger charge is -2.36. The van der Waals surface area contributed by atoms with Gasteiger partial charge in [0, 0.05) is 6.54 Å². The lowest BCUT2D eigenvalue weighted by Crippen LogP contribution is -2.44. The van der Waals surface area contributed by atoms with Crippen LogP contribution in [-0.2, 0) is 16.0 Å². The summed E-state index contributed by atoms with van der Waals surface area (Å²) in [5.74, 6) is 0.932. The van der Waals surface area contributed by atoms with Crippen molar-refractivity contribution in [3.05, 3.63) is 65.7 Å². The van der Waals surface area contributed by atoms with Crippen LogP contribution in [0.1, 0.15) is 17.2 Å². The zero-order valence-electron chi connectivity index (χ0n) is 13.3. The van der Waals surface area contributed by atoms with Crippen LogP contribution in [-0.4, -0.2) is 37.7 Å². The number of rotatable bonds is 4. The van der Waals surface area contributed by atoms with Crippen molar-refractivity contribution < 1.29 is 14.3 Å². The Labute approximate surface area is 136 Å². The Morgan fingerprint density at radius 3 is 2.61 bits per heavy atom. The monoisotopic (exact) mass is 311 g/mol. The zero-order valence-corrected chi connectivity index (χ0v) is 13.3. The highest BCUT2D eigenvalue weighted by atomic mass is 16.5. The van der Waals surface area contributed by atoms with Crippen LogP contribution >= 0.6 is 0 Å². The van der Waals surface area contributed by atoms with Crippen LogP contribution in [0.5, 0.6) is 5.75 Å². The molecule has 1 aliphatic rings. The van der Waals surface area contributed by atoms with Gasteiger partial charge in [0.25, 0.3) is 0 Å². The fourth-order valence-electron chi connectivity index (χ4n) is 2.87. The molecule has 1 fully saturated rings. The van der Waals surface area contributed by atoms with Crippen molar-refractivity contribution in [2.75, 3.05) is 26.9 Å². The van der Waals surface area contributed by atoms with Crippen LogP contribution in [0.4, 0.5) is 0 Å². The number of amides is 1. The van der Waals surface area contributed by atoms with E-state index in [1.165, 1.54) is 0 Å². The van der Waals surface area contributed by atoms with Crippen molar-refractivity contribution in [2.24, 2.45) is 0 Å². The van der Waals surface area contributed by atoms with E-state index >= 15 is 0 Å². The lowest BCUT2D eigenvalue weighted by atomic mass is 10.0. The molecule has 1 atom stereocenters. The van der Waals surface area contributed by atoms with Crippen molar-refractivity contribution in [3.63, 3.8) is 0 Å². The minimum Gasteiger partial charge on any atom is -0.497 e. The number of carbonyl (C=O) groups excluding carboxylic acids is 1. The number of benzene rings is 2. The molecular formula is C19H21NO3. The Bertz CT molecular complexity index is 639. The Morgan fingerprint density at radius 2 is 1.91 bits per heavy atom. The lowest BCUT2D eigenvalue weighted by molar-refractivity contribution is -0.139. The molecule has 1 heterocycles. The van der Waals surface area contributed by atoms with Gasteiger partial charge in [-0.05, 0) is 23.3 Å². The molecule has 1 amide bonds. The average Bonchev–Trinajstić information content (AvgIpc) is 2.63. The minimum absolute atomic E-state index is 0.00398. The highest BCUT2D eigenvalue weighted by Crippen LogP contribution is 2.25. The van der Waals surface area contributed by atoms with E-state index in [1.54, 1.807) is 7.11 Å². The van der Waals surface area contributed by atoms with Crippen molar-refractivity contribution >= 4 is 5.91 Å². The molecule has 120 valence electrons. The summed E-state index contributed by atoms with van der Waals surface area (Å²) in [6.07, 6.45) is 0.396. The summed E-state index contributed by atoms with van der Waals surface area (Å²) in [7, 11) is 1.64. The second-order valence-electron chi connectivity index (χ2n) is 5.61. The molecule has 3 rings (SSSR count). The molecule has 2 aromatic carbocycles. The Morgan fingerprint density at radius 1 is 1.17 bits per heavy atom. The summed E-state index contributed by atoms with van der Waals surface area (Å²) in [5, 5.41) is 0. The van der Waals surface area contributed by atoms with E-state index in [1.807, 2.05) is 59.5 Å². The van der Waals surface area contributed by atoms with Crippen LogP contribution < -0.4 is 4.74 Å². The summed E-state index contributed by atoms with van der Waals surface area (Å²) in [6.45, 7) is 1.78. The van der Waals surface area contributed by atoms with Crippen molar-refractivity contribution in [2.45, 2.75) is 12.5 Å². The molecule has 1 saturated heterocycles. The van der Waals surface area contributed by atoms with Gasteiger partial charge in [0.1, 0.15) is 5.75 Å². The molecule has 4 heteroatoms. The molecule has 0 aromatic heterocycles. The van der Waals surface area contributed by atoms with Gasteiger partial charge in [0.2, 0.25) is 5.91 Å². The second kappa shape index (κ2) is 7.29. The number of methoxy groups -OCH3 is 1. The number of hydrogen-bond acceptors (Lipinski definition) is 3. The van der Waals surface area contributed by atoms with Gasteiger partial charge in [0.15, 0.2) is 0 Å². The molecule has 0 radical (unpaired) electrons. The number of morpholine rings is 1. The molecule has 2 aromatic rings. The first-order valence-electron chi connectivity index (χ1n) is 7.83. The normalized spacial score (nSPS) is 17.8. The summed E-state index contributed by atoms with van der Waals surface area (Å²) in [6, 6.07) is 17.7. The van der Waals surface area contributed by atoms with Gasteiger partial charge in [-0.2, -0.15) is 0 Å². The smallest absolute Gasteiger partial charge is 0.227 e. The standard InChI is InChI=1S/C19H21NO3/c1-22-17-9-7-15(8-10-17)13-19(21)20-11-12-23-14-18(20)16-5-3-2-4-6-16/h2-10,18H,11-14H2,1H3. The number of carbonyl (C=O) groups is 1. The molecule has 0 saturated carbocycles. The first-order valence-corrected chi connectivity index (χ1v) is 7.83. The fourth-order valence-corrected chi connectivity index (χ4v) is 2.87. The quantitative estimate of drug-likeness (QED) is 0.871. The van der Waals surface area contributed by atoms with Crippen LogP contribution in [0, 0.1) is 0 Å². The summed E-state index contributed by atoms with van der Waals surface area (Å²) >= 11 is 0. The van der Waals surface area contributed by atoms with E-state index < -0.39 is 0 Å². The molecule has 0 bridgehead atoms. The van der Waals surface area contributed by atoms with Crippen molar-refractivity contribution in [1.82, 2.24) is 4.90 Å². The van der Waals surface area contributed by atoms with Crippen molar-refractivity contribution in [1.29, 1.82) is 0 Å². The van der Waals surface area contributed by atoms with Crippen molar-refractivity contribution in [3.8, 4) is 5.75 Å². The Hall–Kier alpha value is -2.33. The van der Waals surface area contributed by atoms with Gasteiger partial charge in [-0.25, -0.2) is 0 Å². The van der Waals surface area contributed by atoms with E-state index in [0.29, 0.717) is 26.2 Å². The molecule has 0 aliphatic carbocycles. The van der Waals surface area contributed by atoms with E-state index in [0.717, 1.165) is 16.9 Å².